The van der Waals surface area contributed by atoms with E-state index in [1.807, 2.05) is 12.1 Å². The standard InChI is InChI=1S/C24H40O2/c1-3-4-5-6-7-8-9-10-11-12-13-14-15-16-17-19-22-20-18-21-23(26-2)24(22)25/h8-9,18,20-21,25H,3-7,10-17,19H2,1-2H3/b9-8+. The van der Waals surface area contributed by atoms with Crippen LogP contribution in [0.5, 0.6) is 11.5 Å². The Morgan fingerprint density at radius 1 is 0.808 bits per heavy atom. The van der Waals surface area contributed by atoms with E-state index in [4.69, 9.17) is 4.74 Å². The molecule has 26 heavy (non-hydrogen) atoms. The summed E-state index contributed by atoms with van der Waals surface area (Å²) in [7, 11) is 1.60. The Hall–Kier alpha value is -1.44. The number of benzene rings is 1. The molecule has 0 atom stereocenters. The van der Waals surface area contributed by atoms with Crippen molar-refractivity contribution in [2.24, 2.45) is 0 Å². The second kappa shape index (κ2) is 15.8. The summed E-state index contributed by atoms with van der Waals surface area (Å²) >= 11 is 0. The molecule has 148 valence electrons. The summed E-state index contributed by atoms with van der Waals surface area (Å²) in [5.41, 5.74) is 1.01. The number of allylic oxidation sites excluding steroid dienone is 2. The van der Waals surface area contributed by atoms with E-state index in [1.165, 1.54) is 77.0 Å². The zero-order valence-corrected chi connectivity index (χ0v) is 17.1. The van der Waals surface area contributed by atoms with Crippen molar-refractivity contribution in [2.45, 2.75) is 96.8 Å². The van der Waals surface area contributed by atoms with Gasteiger partial charge in [-0.05, 0) is 50.2 Å². The van der Waals surface area contributed by atoms with E-state index >= 15 is 0 Å². The van der Waals surface area contributed by atoms with Crippen LogP contribution in [-0.4, -0.2) is 12.2 Å². The number of rotatable bonds is 16. The van der Waals surface area contributed by atoms with Crippen molar-refractivity contribution in [3.63, 3.8) is 0 Å². The lowest BCUT2D eigenvalue weighted by molar-refractivity contribution is 0.370. The average Bonchev–Trinajstić information content (AvgIpc) is 2.66. The van der Waals surface area contributed by atoms with Gasteiger partial charge in [-0.3, -0.25) is 0 Å². The number of para-hydroxylation sites is 1. The Labute approximate surface area is 161 Å². The maximum Gasteiger partial charge on any atom is 0.160 e. The molecular weight excluding hydrogens is 320 g/mol. The molecule has 0 unspecified atom stereocenters. The Morgan fingerprint density at radius 2 is 1.38 bits per heavy atom. The summed E-state index contributed by atoms with van der Waals surface area (Å²) in [4.78, 5) is 0. The number of hydrogen-bond donors (Lipinski definition) is 1. The first-order chi connectivity index (χ1) is 12.8. The summed E-state index contributed by atoms with van der Waals surface area (Å²) < 4.78 is 5.16. The molecule has 2 heteroatoms. The lowest BCUT2D eigenvalue weighted by atomic mass is 10.0. The number of phenolic OH excluding ortho intramolecular Hbond substituents is 1. The highest BCUT2D eigenvalue weighted by molar-refractivity contribution is 5.45. The number of hydrogen-bond acceptors (Lipinski definition) is 2. The molecule has 0 fully saturated rings. The van der Waals surface area contributed by atoms with Crippen LogP contribution in [0.15, 0.2) is 30.4 Å². The van der Waals surface area contributed by atoms with Crippen molar-refractivity contribution in [3.8, 4) is 11.5 Å². The molecule has 0 saturated heterocycles. The van der Waals surface area contributed by atoms with E-state index in [9.17, 15) is 5.11 Å². The average molecular weight is 361 g/mol. The smallest absolute Gasteiger partial charge is 0.160 e. The Bertz CT molecular complexity index is 479. The highest BCUT2D eigenvalue weighted by atomic mass is 16.5. The van der Waals surface area contributed by atoms with Gasteiger partial charge >= 0.3 is 0 Å². The molecule has 0 spiro atoms. The maximum atomic E-state index is 10.1. The van der Waals surface area contributed by atoms with Gasteiger partial charge in [-0.2, -0.15) is 0 Å². The third-order valence-corrected chi connectivity index (χ3v) is 5.01. The first-order valence-corrected chi connectivity index (χ1v) is 10.8. The molecule has 1 N–H and O–H groups in total. The first kappa shape index (κ1) is 22.6. The van der Waals surface area contributed by atoms with Gasteiger partial charge < -0.3 is 9.84 Å². The third kappa shape index (κ3) is 10.5. The lowest BCUT2D eigenvalue weighted by Gasteiger charge is -2.08. The second-order valence-electron chi connectivity index (χ2n) is 7.30. The molecule has 1 aromatic rings. The molecule has 1 aromatic carbocycles. The summed E-state index contributed by atoms with van der Waals surface area (Å²) in [6, 6.07) is 5.75. The van der Waals surface area contributed by atoms with Gasteiger partial charge in [0, 0.05) is 0 Å². The fourth-order valence-corrected chi connectivity index (χ4v) is 3.32. The van der Waals surface area contributed by atoms with Crippen molar-refractivity contribution in [1.82, 2.24) is 0 Å². The lowest BCUT2D eigenvalue weighted by Crippen LogP contribution is -1.90. The molecular formula is C24H40O2. The van der Waals surface area contributed by atoms with E-state index in [0.29, 0.717) is 11.5 Å². The van der Waals surface area contributed by atoms with Crippen LogP contribution in [0.2, 0.25) is 0 Å². The van der Waals surface area contributed by atoms with Crippen LogP contribution in [0.4, 0.5) is 0 Å². The quantitative estimate of drug-likeness (QED) is 0.243. The predicted octanol–water partition coefficient (Wildman–Crippen LogP) is 7.59. The number of ether oxygens (including phenoxy) is 1. The summed E-state index contributed by atoms with van der Waals surface area (Å²) in [6.45, 7) is 2.27. The number of unbranched alkanes of at least 4 members (excludes halogenated alkanes) is 11. The molecule has 0 bridgehead atoms. The van der Waals surface area contributed by atoms with Crippen LogP contribution in [0.25, 0.3) is 0 Å². The number of aryl methyl sites for hydroxylation is 1. The van der Waals surface area contributed by atoms with E-state index < -0.39 is 0 Å². The summed E-state index contributed by atoms with van der Waals surface area (Å²) in [5, 5.41) is 10.1. The number of methoxy groups -OCH3 is 1. The molecule has 0 aliphatic carbocycles. The van der Waals surface area contributed by atoms with Crippen LogP contribution < -0.4 is 4.74 Å². The fourth-order valence-electron chi connectivity index (χ4n) is 3.32. The van der Waals surface area contributed by atoms with E-state index in [2.05, 4.69) is 19.1 Å². The van der Waals surface area contributed by atoms with E-state index in [-0.39, 0.29) is 0 Å². The van der Waals surface area contributed by atoms with Gasteiger partial charge in [-0.25, -0.2) is 0 Å². The van der Waals surface area contributed by atoms with Gasteiger partial charge in [-0.1, -0.05) is 82.6 Å². The number of phenols is 1. The maximum absolute atomic E-state index is 10.1. The zero-order chi connectivity index (χ0) is 18.9. The highest BCUT2D eigenvalue weighted by Gasteiger charge is 2.06. The highest BCUT2D eigenvalue weighted by Crippen LogP contribution is 2.30. The Balaban J connectivity index is 1.92. The van der Waals surface area contributed by atoms with Gasteiger partial charge in [0.25, 0.3) is 0 Å². The number of aromatic hydroxyl groups is 1. The summed E-state index contributed by atoms with van der Waals surface area (Å²) in [6.07, 6.45) is 22.7. The van der Waals surface area contributed by atoms with Crippen LogP contribution in [-0.2, 0) is 6.42 Å². The third-order valence-electron chi connectivity index (χ3n) is 5.01. The van der Waals surface area contributed by atoms with Crippen molar-refractivity contribution >= 4 is 0 Å². The molecule has 1 rings (SSSR count). The van der Waals surface area contributed by atoms with Crippen LogP contribution >= 0.6 is 0 Å². The van der Waals surface area contributed by atoms with Crippen molar-refractivity contribution in [2.75, 3.05) is 7.11 Å². The molecule has 0 radical (unpaired) electrons. The minimum Gasteiger partial charge on any atom is -0.504 e. The molecule has 0 saturated carbocycles. The molecule has 0 aliphatic rings. The van der Waals surface area contributed by atoms with Gasteiger partial charge in [0.05, 0.1) is 7.11 Å². The topological polar surface area (TPSA) is 29.5 Å². The van der Waals surface area contributed by atoms with Crippen molar-refractivity contribution < 1.29 is 9.84 Å². The van der Waals surface area contributed by atoms with Crippen LogP contribution in [0, 0.1) is 0 Å². The monoisotopic (exact) mass is 360 g/mol. The predicted molar refractivity (Wildman–Crippen MR) is 113 cm³/mol. The van der Waals surface area contributed by atoms with Gasteiger partial charge in [0.15, 0.2) is 11.5 Å². The molecule has 0 aliphatic heterocycles. The molecule has 2 nitrogen and oxygen atoms in total. The normalized spacial score (nSPS) is 11.3. The largest absolute Gasteiger partial charge is 0.504 e. The van der Waals surface area contributed by atoms with Crippen molar-refractivity contribution in [3.05, 3.63) is 35.9 Å². The van der Waals surface area contributed by atoms with Gasteiger partial charge in [0.1, 0.15) is 0 Å². The Morgan fingerprint density at radius 3 is 2.00 bits per heavy atom. The first-order valence-electron chi connectivity index (χ1n) is 10.8. The van der Waals surface area contributed by atoms with Crippen LogP contribution in [0.1, 0.15) is 96.0 Å². The molecule has 0 amide bonds. The Kier molecular flexibility index (Phi) is 13.7. The minimum absolute atomic E-state index is 0.313. The second-order valence-corrected chi connectivity index (χ2v) is 7.30. The van der Waals surface area contributed by atoms with Gasteiger partial charge in [-0.15, -0.1) is 0 Å². The van der Waals surface area contributed by atoms with Crippen LogP contribution in [0.3, 0.4) is 0 Å². The SMILES string of the molecule is CCCCCC/C=C/CCCCCCCCCc1cccc(OC)c1O. The zero-order valence-electron chi connectivity index (χ0n) is 17.1. The van der Waals surface area contributed by atoms with Gasteiger partial charge in [0.2, 0.25) is 0 Å². The summed E-state index contributed by atoms with van der Waals surface area (Å²) in [5.74, 6) is 0.894. The minimum atomic E-state index is 0.313. The van der Waals surface area contributed by atoms with Crippen molar-refractivity contribution in [1.29, 1.82) is 0 Å². The molecule has 0 aromatic heterocycles. The molecule has 0 heterocycles. The fraction of sp³-hybridized carbons (Fsp3) is 0.667. The van der Waals surface area contributed by atoms with E-state index in [1.54, 1.807) is 13.2 Å². The van der Waals surface area contributed by atoms with E-state index in [0.717, 1.165) is 18.4 Å².